The Morgan fingerprint density at radius 1 is 1.30 bits per heavy atom. The van der Waals surface area contributed by atoms with Gasteiger partial charge in [-0.15, -0.1) is 0 Å². The molecule has 0 saturated carbocycles. The Hall–Kier alpha value is -2.34. The van der Waals surface area contributed by atoms with Gasteiger partial charge in [-0.05, 0) is 36.8 Å². The predicted octanol–water partition coefficient (Wildman–Crippen LogP) is 4.37. The van der Waals surface area contributed by atoms with Gasteiger partial charge in [-0.3, -0.25) is 10.1 Å². The smallest absolute Gasteiger partial charge is 0.261 e. The molecule has 0 aliphatic carbocycles. The number of hydrogen-bond acceptors (Lipinski definition) is 3. The summed E-state index contributed by atoms with van der Waals surface area (Å²) in [5.41, 5.74) is 2.15. The summed E-state index contributed by atoms with van der Waals surface area (Å²) in [5, 5.41) is 2.79. The summed E-state index contributed by atoms with van der Waals surface area (Å²) in [6.45, 7) is 2.58. The zero-order valence-electron chi connectivity index (χ0n) is 12.6. The minimum Gasteiger partial charge on any atom is -0.493 e. The van der Waals surface area contributed by atoms with E-state index in [1.807, 2.05) is 37.3 Å². The van der Waals surface area contributed by atoms with Gasteiger partial charge in [-0.1, -0.05) is 35.0 Å². The first-order valence-corrected chi connectivity index (χ1v) is 8.15. The molecule has 1 amide bonds. The molecule has 0 aliphatic heterocycles. The van der Waals surface area contributed by atoms with E-state index in [0.717, 1.165) is 21.9 Å². The van der Waals surface area contributed by atoms with Gasteiger partial charge in [0.2, 0.25) is 5.95 Å². The second-order valence-corrected chi connectivity index (χ2v) is 5.96. The van der Waals surface area contributed by atoms with Crippen LogP contribution in [0, 0.1) is 0 Å². The van der Waals surface area contributed by atoms with Crippen LogP contribution in [0.5, 0.6) is 5.75 Å². The molecule has 118 valence electrons. The largest absolute Gasteiger partial charge is 0.493 e. The fourth-order valence-corrected chi connectivity index (χ4v) is 2.57. The van der Waals surface area contributed by atoms with Crippen molar-refractivity contribution in [3.8, 4) is 5.75 Å². The molecule has 0 atom stereocenters. The van der Waals surface area contributed by atoms with E-state index in [2.05, 4.69) is 31.2 Å². The van der Waals surface area contributed by atoms with Crippen LogP contribution in [0.25, 0.3) is 11.0 Å². The average Bonchev–Trinajstić information content (AvgIpc) is 2.95. The highest BCUT2D eigenvalue weighted by Crippen LogP contribution is 2.24. The van der Waals surface area contributed by atoms with Crippen LogP contribution in [0.15, 0.2) is 46.9 Å². The number of nitrogens with zero attached hydrogens (tertiary/aromatic N) is 1. The molecule has 5 nitrogen and oxygen atoms in total. The first-order valence-electron chi connectivity index (χ1n) is 7.36. The highest BCUT2D eigenvalue weighted by atomic mass is 79.9. The molecule has 0 radical (unpaired) electrons. The molecule has 2 aromatic carbocycles. The number of aromatic amines is 1. The number of imidazole rings is 1. The quantitative estimate of drug-likeness (QED) is 0.697. The Balaban J connectivity index is 1.86. The number of carbonyl (C=O) groups is 1. The summed E-state index contributed by atoms with van der Waals surface area (Å²) in [6, 6.07) is 13.0. The lowest BCUT2D eigenvalue weighted by atomic mass is 10.2. The number of ether oxygens (including phenoxy) is 1. The van der Waals surface area contributed by atoms with Gasteiger partial charge < -0.3 is 9.72 Å². The molecular formula is C17H16BrN3O2. The number of halogens is 1. The number of anilines is 1. The summed E-state index contributed by atoms with van der Waals surface area (Å²) in [5.74, 6) is 0.706. The third-order valence-electron chi connectivity index (χ3n) is 3.27. The van der Waals surface area contributed by atoms with Crippen molar-refractivity contribution < 1.29 is 9.53 Å². The molecular weight excluding hydrogens is 358 g/mol. The maximum absolute atomic E-state index is 12.6. The SMILES string of the molecule is CCCOc1ccc(Br)cc1C(=O)Nc1nc2ccccc2[nH]1. The summed E-state index contributed by atoms with van der Waals surface area (Å²) >= 11 is 3.39. The van der Waals surface area contributed by atoms with Crippen LogP contribution >= 0.6 is 15.9 Å². The van der Waals surface area contributed by atoms with Crippen molar-refractivity contribution in [1.29, 1.82) is 0 Å². The van der Waals surface area contributed by atoms with Crippen molar-refractivity contribution in [2.45, 2.75) is 13.3 Å². The Morgan fingerprint density at radius 3 is 2.91 bits per heavy atom. The van der Waals surface area contributed by atoms with Crippen LogP contribution in [-0.4, -0.2) is 22.5 Å². The molecule has 0 aliphatic rings. The lowest BCUT2D eigenvalue weighted by Crippen LogP contribution is -2.15. The molecule has 2 N–H and O–H groups in total. The van der Waals surface area contributed by atoms with Crippen molar-refractivity contribution in [3.63, 3.8) is 0 Å². The van der Waals surface area contributed by atoms with Crippen LogP contribution in [0.1, 0.15) is 23.7 Å². The summed E-state index contributed by atoms with van der Waals surface area (Å²) < 4.78 is 6.46. The van der Waals surface area contributed by atoms with Crippen molar-refractivity contribution >= 4 is 38.8 Å². The number of H-pyrrole nitrogens is 1. The minimum absolute atomic E-state index is 0.267. The molecule has 0 unspecified atom stereocenters. The zero-order chi connectivity index (χ0) is 16.2. The van der Waals surface area contributed by atoms with Crippen molar-refractivity contribution in [2.24, 2.45) is 0 Å². The summed E-state index contributed by atoms with van der Waals surface area (Å²) in [4.78, 5) is 20.0. The lowest BCUT2D eigenvalue weighted by Gasteiger charge is -2.10. The predicted molar refractivity (Wildman–Crippen MR) is 94.0 cm³/mol. The fraction of sp³-hybridized carbons (Fsp3) is 0.176. The van der Waals surface area contributed by atoms with E-state index >= 15 is 0 Å². The third kappa shape index (κ3) is 3.53. The number of rotatable bonds is 5. The van der Waals surface area contributed by atoms with E-state index in [1.165, 1.54) is 0 Å². The van der Waals surface area contributed by atoms with E-state index in [-0.39, 0.29) is 5.91 Å². The van der Waals surface area contributed by atoms with Crippen molar-refractivity contribution in [3.05, 3.63) is 52.5 Å². The fourth-order valence-electron chi connectivity index (χ4n) is 2.20. The van der Waals surface area contributed by atoms with E-state index < -0.39 is 0 Å². The Morgan fingerprint density at radius 2 is 2.13 bits per heavy atom. The monoisotopic (exact) mass is 373 g/mol. The molecule has 0 saturated heterocycles. The molecule has 0 fully saturated rings. The number of fused-ring (bicyclic) bond motifs is 1. The first-order chi connectivity index (χ1) is 11.2. The summed E-state index contributed by atoms with van der Waals surface area (Å²) in [7, 11) is 0. The van der Waals surface area contributed by atoms with Gasteiger partial charge >= 0.3 is 0 Å². The normalized spacial score (nSPS) is 10.7. The average molecular weight is 374 g/mol. The Kier molecular flexibility index (Phi) is 4.62. The first kappa shape index (κ1) is 15.6. The second kappa shape index (κ2) is 6.83. The van der Waals surface area contributed by atoms with E-state index in [1.54, 1.807) is 12.1 Å². The van der Waals surface area contributed by atoms with E-state index in [0.29, 0.717) is 23.9 Å². The van der Waals surface area contributed by atoms with Crippen LogP contribution in [-0.2, 0) is 0 Å². The van der Waals surface area contributed by atoms with Gasteiger partial charge in [-0.2, -0.15) is 0 Å². The third-order valence-corrected chi connectivity index (χ3v) is 3.76. The van der Waals surface area contributed by atoms with E-state index in [9.17, 15) is 4.79 Å². The Bertz CT molecular complexity index is 812. The number of nitrogens with one attached hydrogen (secondary N) is 2. The standard InChI is InChI=1S/C17H16BrN3O2/c1-2-9-23-15-8-7-11(18)10-12(15)16(22)21-17-19-13-5-3-4-6-14(13)20-17/h3-8,10H,2,9H2,1H3,(H2,19,20,21,22). The van der Waals surface area contributed by atoms with Gasteiger partial charge in [-0.25, -0.2) is 4.98 Å². The van der Waals surface area contributed by atoms with Crippen molar-refractivity contribution in [1.82, 2.24) is 9.97 Å². The number of hydrogen-bond donors (Lipinski definition) is 2. The maximum Gasteiger partial charge on any atom is 0.261 e. The molecule has 0 spiro atoms. The number of carbonyl (C=O) groups excluding carboxylic acids is 1. The zero-order valence-corrected chi connectivity index (χ0v) is 14.2. The Labute approximate surface area is 142 Å². The van der Waals surface area contributed by atoms with Gasteiger partial charge in [0.1, 0.15) is 5.75 Å². The van der Waals surface area contributed by atoms with Crippen LogP contribution < -0.4 is 10.1 Å². The van der Waals surface area contributed by atoms with Gasteiger partial charge in [0, 0.05) is 4.47 Å². The molecule has 1 heterocycles. The molecule has 23 heavy (non-hydrogen) atoms. The molecule has 1 aromatic heterocycles. The molecule has 6 heteroatoms. The van der Waals surface area contributed by atoms with Crippen molar-refractivity contribution in [2.75, 3.05) is 11.9 Å². The number of benzene rings is 2. The van der Waals surface area contributed by atoms with Gasteiger partial charge in [0.15, 0.2) is 0 Å². The minimum atomic E-state index is -0.267. The second-order valence-electron chi connectivity index (χ2n) is 5.05. The lowest BCUT2D eigenvalue weighted by molar-refractivity contribution is 0.102. The van der Waals surface area contributed by atoms with Crippen LogP contribution in [0.2, 0.25) is 0 Å². The highest BCUT2D eigenvalue weighted by molar-refractivity contribution is 9.10. The molecule has 0 bridgehead atoms. The molecule has 3 rings (SSSR count). The summed E-state index contributed by atoms with van der Waals surface area (Å²) in [6.07, 6.45) is 0.876. The van der Waals surface area contributed by atoms with Gasteiger partial charge in [0.05, 0.1) is 23.2 Å². The molecule has 3 aromatic rings. The van der Waals surface area contributed by atoms with Crippen LogP contribution in [0.3, 0.4) is 0 Å². The topological polar surface area (TPSA) is 67.0 Å². The highest BCUT2D eigenvalue weighted by Gasteiger charge is 2.15. The number of aromatic nitrogens is 2. The van der Waals surface area contributed by atoms with Gasteiger partial charge in [0.25, 0.3) is 5.91 Å². The van der Waals surface area contributed by atoms with Crippen LogP contribution in [0.4, 0.5) is 5.95 Å². The maximum atomic E-state index is 12.6. The van der Waals surface area contributed by atoms with E-state index in [4.69, 9.17) is 4.74 Å². The number of para-hydroxylation sites is 2. The number of amides is 1.